The van der Waals surface area contributed by atoms with Gasteiger partial charge in [0.2, 0.25) is 64.6 Å². The summed E-state index contributed by atoms with van der Waals surface area (Å²) in [5, 5.41) is 123. The minimum Gasteiger partial charge on any atom is -0.507 e. The molecule has 756 valence electrons. The maximum atomic E-state index is 14.8. The van der Waals surface area contributed by atoms with Crippen molar-refractivity contribution in [3.63, 3.8) is 0 Å². The number of carbonyl (C=O) groups is 14. The molecule has 13 rings (SSSR count). The summed E-state index contributed by atoms with van der Waals surface area (Å²) < 4.78 is 20.2. The Morgan fingerprint density at radius 3 is 2.11 bits per heavy atom. The number of methoxy groups -OCH3 is 1. The molecule has 6 aromatic rings. The van der Waals surface area contributed by atoms with Gasteiger partial charge in [0, 0.05) is 108 Å². The number of nitrogens with two attached hydrogens (primary N) is 1. The van der Waals surface area contributed by atoms with Crippen LogP contribution in [-0.4, -0.2) is 281 Å². The van der Waals surface area contributed by atoms with Crippen LogP contribution in [0.3, 0.4) is 0 Å². The number of aliphatic hydroxyl groups excluding tert-OH is 3. The number of carboxylic acid groups (broad SMARTS) is 2. The molecule has 0 aromatic heterocycles. The molecule has 3 fully saturated rings. The lowest BCUT2D eigenvalue weighted by molar-refractivity contribution is -0.436. The monoisotopic (exact) mass is 1990 g/mol. The molecule has 0 radical (unpaired) electrons. The summed E-state index contributed by atoms with van der Waals surface area (Å²) in [6, 6.07) is 16.0. The fourth-order valence-electron chi connectivity index (χ4n) is 19.8. The van der Waals surface area contributed by atoms with Crippen molar-refractivity contribution >= 4 is 149 Å². The van der Waals surface area contributed by atoms with E-state index in [1.807, 2.05) is 127 Å². The minimum absolute atomic E-state index is 0.000203. The van der Waals surface area contributed by atoms with E-state index in [4.69, 9.17) is 25.4 Å². The zero-order chi connectivity index (χ0) is 103. The molecule has 3 saturated heterocycles. The molecule has 5 aliphatic heterocycles. The number of phenols is 2. The van der Waals surface area contributed by atoms with Gasteiger partial charge in [0.15, 0.2) is 36.1 Å². The number of phenolic OH excluding ortho intramolecular Hbond substituents is 2. The van der Waals surface area contributed by atoms with Gasteiger partial charge in [-0.2, -0.15) is 4.58 Å². The third-order valence-electron chi connectivity index (χ3n) is 26.9. The normalized spacial score (nSPS) is 24.3. The van der Waals surface area contributed by atoms with Crippen molar-refractivity contribution in [2.24, 2.45) is 5.73 Å². The predicted octanol–water partition coefficient (Wildman–Crippen LogP) is 4.48. The number of ketones is 3. The first-order chi connectivity index (χ1) is 67.7. The second-order valence-corrected chi connectivity index (χ2v) is 39.8. The molecule has 0 saturated carbocycles. The van der Waals surface area contributed by atoms with Crippen LogP contribution in [0.4, 0.5) is 11.4 Å². The van der Waals surface area contributed by atoms with E-state index >= 15 is 0 Å². The van der Waals surface area contributed by atoms with E-state index in [1.165, 1.54) is 32.2 Å². The van der Waals surface area contributed by atoms with Crippen LogP contribution in [0.25, 0.3) is 21.5 Å². The van der Waals surface area contributed by atoms with E-state index in [9.17, 15) is 108 Å². The number of unbranched alkanes of at least 4 members (excludes halogenated alkanes) is 2. The van der Waals surface area contributed by atoms with Crippen LogP contribution in [-0.2, 0) is 84.3 Å². The van der Waals surface area contributed by atoms with Gasteiger partial charge < -0.3 is 118 Å². The van der Waals surface area contributed by atoms with Crippen LogP contribution in [0.1, 0.15) is 185 Å². The van der Waals surface area contributed by atoms with Gasteiger partial charge in [-0.15, -0.1) is 0 Å². The molecular formula is C101H121N14O25S2+. The number of ether oxygens (including phenoxy) is 3. The Hall–Kier alpha value is -13.4. The van der Waals surface area contributed by atoms with Crippen LogP contribution in [0.5, 0.6) is 17.2 Å². The molecule has 7 aliphatic rings. The Morgan fingerprint density at radius 2 is 1.42 bits per heavy atom. The van der Waals surface area contributed by atoms with Gasteiger partial charge in [-0.05, 0) is 104 Å². The highest BCUT2D eigenvalue weighted by molar-refractivity contribution is 8.76. The second-order valence-electron chi connectivity index (χ2n) is 37.2. The molecule has 0 unspecified atom stereocenters. The van der Waals surface area contributed by atoms with E-state index in [0.29, 0.717) is 12.8 Å². The molecule has 0 spiro atoms. The summed E-state index contributed by atoms with van der Waals surface area (Å²) in [6.07, 6.45) is 6.81. The predicted molar refractivity (Wildman–Crippen MR) is 526 cm³/mol. The number of allylic oxidation sites excluding steroid dienone is 8. The molecule has 6 aromatic carbocycles. The first-order valence-electron chi connectivity index (χ1n) is 47.2. The smallest absolute Gasteiger partial charge is 0.326 e. The highest BCUT2D eigenvalue weighted by Gasteiger charge is 2.53. The molecule has 9 amide bonds. The van der Waals surface area contributed by atoms with Crippen LogP contribution < -0.4 is 63.2 Å². The third kappa shape index (κ3) is 23.3. The Balaban J connectivity index is 0.736. The topological polar surface area (TPSA) is 596 Å². The van der Waals surface area contributed by atoms with Crippen molar-refractivity contribution in [2.45, 2.75) is 221 Å². The maximum absolute atomic E-state index is 14.8. The molecule has 39 nitrogen and oxygen atoms in total. The third-order valence-corrected chi connectivity index (χ3v) is 29.4. The molecule has 41 heteroatoms. The molecule has 20 N–H and O–H groups in total. The van der Waals surface area contributed by atoms with Gasteiger partial charge in [-0.25, -0.2) is 4.79 Å². The summed E-state index contributed by atoms with van der Waals surface area (Å²) in [4.78, 5) is 199. The number of carboxylic acids is 2. The fraction of sp³-hybridized carbons (Fsp3) is 0.446. The number of benzene rings is 6. The van der Waals surface area contributed by atoms with E-state index in [0.717, 1.165) is 88.4 Å². The van der Waals surface area contributed by atoms with E-state index < -0.39 is 239 Å². The quantitative estimate of drug-likeness (QED) is 0.00542. The number of aliphatic carboxylic acids is 2. The van der Waals surface area contributed by atoms with Gasteiger partial charge >= 0.3 is 11.9 Å². The lowest BCUT2D eigenvalue weighted by Gasteiger charge is -2.43. The van der Waals surface area contributed by atoms with Gasteiger partial charge in [-0.1, -0.05) is 159 Å². The van der Waals surface area contributed by atoms with Gasteiger partial charge in [0.05, 0.1) is 73.5 Å². The van der Waals surface area contributed by atoms with E-state index in [1.54, 1.807) is 0 Å². The number of nitrogens with zero attached hydrogens (tertiary/aromatic N) is 3. The molecular weight excluding hydrogens is 1870 g/mol. The largest absolute Gasteiger partial charge is 0.507 e. The highest BCUT2D eigenvalue weighted by Crippen LogP contribution is 2.55. The Labute approximate surface area is 826 Å². The number of hydrogen-bond donors (Lipinski definition) is 19. The standard InChI is InChI=1S/C101H120N14O25S2/c1-8-9-13-28-61(97(135)136)109-94(132)66-52-142-141-51-65(91(129)105-48-77(121)106-60(29-21-40-104-98(102)103)92(130)110-63(44-78(122)123)93(131)111-64(49-116)96(134)115-41-22-30-69(115)95(133)112-66)108-76(120)39-43-114-68-37-35-55-24-17-19-26-57(55)85(68)100(5,6)73(114)33-15-12-10-11-14-32-72-99(3,4)84-56-25-18-16-23-54(56)34-36-67(84)113(72)42-38-75(119)107-62-45-79(139-53(2)86(62)124)140-71-47-101(137,74(118)50-117)46-59-81(71)90(128)83-82(88(59)126)87(125)58-27-20-31-70(138-7)80(58)89(83)127/h10-12,14-20,23-27,31-37,53,60-66,69,71,79,86,116-117,124,137H,8-9,13,21-22,28-30,38-52H2,1-7H3,(H15-,102,103,104,105,106,107,108,109,110,111,112,119,120,121,122,123,125,126,127,128,129,130,131,132,133,135,136)/p+1/t53-,60-,61-,62-,63-,64-,65+,66-,69-,71-,79-,86+,101-/m0/s1. The first kappa shape index (κ1) is 106. The Morgan fingerprint density at radius 1 is 0.739 bits per heavy atom. The SMILES string of the molecule is CCCCC[C@H](NC(=O)[C@@H]1CSSC[C@@H](NC(=O)CCN2/C(=C/C=C/C=C/C=C/C3=[N+](CCC(=O)N[C@H]4C[C@H](O[C@H]5C[C@](O)(C(=O)CO)Cc6c(O)c7c(c(O)c65)C(=O)c5c(OC)cccc5C7=O)O[C@@H](C)[C@H]4O)c4ccc5ccccc5c4C3(C)C)C(C)(C)c3c2ccc2ccccc32)C(=O)NCC(=O)N[C@@H](CCCNC(=N)N)C(=O)N[C@@H](CC(=O)O)C(=O)N[C@@H](CO)C(=O)N2CCC[C@H]2C(=O)N1)C(=O)O. The average Bonchev–Trinajstić information content (AvgIpc) is 0.734. The molecule has 0 bridgehead atoms. The Kier molecular flexibility index (Phi) is 34.4. The first-order valence-corrected chi connectivity index (χ1v) is 49.7. The van der Waals surface area contributed by atoms with Crippen molar-refractivity contribution in [1.29, 1.82) is 5.41 Å². The maximum Gasteiger partial charge on any atom is 0.326 e. The Bertz CT molecular complexity index is 6140. The van der Waals surface area contributed by atoms with E-state index in [2.05, 4.69) is 80.1 Å². The number of Topliss-reactive ketones (excluding diaryl/α,β-unsaturated/α-hetero) is 1. The van der Waals surface area contributed by atoms with Crippen molar-refractivity contribution < 1.29 is 127 Å². The number of fused-ring (bicyclic) bond motifs is 10. The van der Waals surface area contributed by atoms with Gasteiger partial charge in [-0.3, -0.25) is 67.7 Å². The fourth-order valence-corrected chi connectivity index (χ4v) is 22.1. The molecule has 142 heavy (non-hydrogen) atoms. The van der Waals surface area contributed by atoms with Crippen molar-refractivity contribution in [3.8, 4) is 17.2 Å². The number of hydrogen-bond acceptors (Lipinski definition) is 27. The number of anilines is 1. The molecule has 2 aliphatic carbocycles. The number of aliphatic hydroxyl groups is 4. The molecule has 13 atom stereocenters. The van der Waals surface area contributed by atoms with Crippen molar-refractivity contribution in [3.05, 3.63) is 184 Å². The number of carbonyl (C=O) groups excluding carboxylic acids is 12. The lowest BCUT2D eigenvalue weighted by Crippen LogP contribution is -2.60. The average molecular weight is 2000 g/mol. The zero-order valence-corrected chi connectivity index (χ0v) is 81.3. The minimum atomic E-state index is -2.44. The number of nitrogens with one attached hydrogen (secondary N) is 10. The van der Waals surface area contributed by atoms with Crippen LogP contribution in [0.15, 0.2) is 139 Å². The van der Waals surface area contributed by atoms with Crippen molar-refractivity contribution in [2.75, 3.05) is 69.5 Å². The van der Waals surface area contributed by atoms with Crippen LogP contribution in [0.2, 0.25) is 0 Å². The summed E-state index contributed by atoms with van der Waals surface area (Å²) in [5.74, 6) is -16.4. The number of aromatic hydroxyl groups is 2. The number of amides is 9. The zero-order valence-electron chi connectivity index (χ0n) is 79.6. The van der Waals surface area contributed by atoms with Gasteiger partial charge in [0.25, 0.3) is 0 Å². The molecule has 5 heterocycles. The van der Waals surface area contributed by atoms with Crippen molar-refractivity contribution in [1.82, 2.24) is 52.8 Å². The number of guanidine groups is 1. The summed E-state index contributed by atoms with van der Waals surface area (Å²) in [6.45, 7) is 8.83. The highest BCUT2D eigenvalue weighted by atomic mass is 33.1. The lowest BCUT2D eigenvalue weighted by atomic mass is 9.72. The van der Waals surface area contributed by atoms with Crippen LogP contribution in [0, 0.1) is 5.41 Å². The van der Waals surface area contributed by atoms with E-state index in [-0.39, 0.29) is 117 Å². The van der Waals surface area contributed by atoms with Gasteiger partial charge in [0.1, 0.15) is 77.9 Å². The van der Waals surface area contributed by atoms with Crippen LogP contribution >= 0.6 is 21.6 Å². The second kappa shape index (κ2) is 46.1. The summed E-state index contributed by atoms with van der Waals surface area (Å²) >= 11 is 0. The number of rotatable bonds is 31. The summed E-state index contributed by atoms with van der Waals surface area (Å²) in [5.41, 5.74) is 4.93. The summed E-state index contributed by atoms with van der Waals surface area (Å²) in [7, 11) is 3.23.